The zero-order valence-electron chi connectivity index (χ0n) is 10.9. The predicted molar refractivity (Wildman–Crippen MR) is 70.6 cm³/mol. The van der Waals surface area contributed by atoms with Crippen molar-refractivity contribution in [2.24, 2.45) is 7.05 Å². The Morgan fingerprint density at radius 2 is 2.28 bits per heavy atom. The van der Waals surface area contributed by atoms with E-state index in [4.69, 9.17) is 0 Å². The topological polar surface area (TPSA) is 56.1 Å². The number of carbonyl (C=O) groups excluding carboxylic acids is 1. The van der Waals surface area contributed by atoms with Crippen molar-refractivity contribution in [3.8, 4) is 0 Å². The number of methoxy groups -OCH3 is 1. The molecule has 0 aliphatic heterocycles. The Labute approximate surface area is 106 Å². The third-order valence-corrected chi connectivity index (χ3v) is 2.99. The van der Waals surface area contributed by atoms with Gasteiger partial charge >= 0.3 is 5.97 Å². The fourth-order valence-corrected chi connectivity index (χ4v) is 1.84. The maximum Gasteiger partial charge on any atom is 0.307 e. The molecule has 0 radical (unpaired) electrons. The van der Waals surface area contributed by atoms with Crippen LogP contribution in [-0.4, -0.2) is 29.2 Å². The van der Waals surface area contributed by atoms with Gasteiger partial charge in [0.15, 0.2) is 0 Å². The molecule has 0 spiro atoms. The Morgan fingerprint density at radius 3 is 3.00 bits per heavy atom. The van der Waals surface area contributed by atoms with E-state index in [1.54, 1.807) is 0 Å². The van der Waals surface area contributed by atoms with E-state index in [-0.39, 0.29) is 5.97 Å². The minimum absolute atomic E-state index is 0.211. The summed E-state index contributed by atoms with van der Waals surface area (Å²) in [5, 5.41) is 3.18. The molecule has 1 aromatic carbocycles. The molecule has 0 bridgehead atoms. The van der Waals surface area contributed by atoms with E-state index in [1.807, 2.05) is 36.7 Å². The molecule has 2 rings (SSSR count). The molecular weight excluding hydrogens is 230 g/mol. The lowest BCUT2D eigenvalue weighted by atomic mass is 10.2. The lowest BCUT2D eigenvalue weighted by Crippen LogP contribution is -2.09. The van der Waals surface area contributed by atoms with Crippen LogP contribution in [-0.2, 0) is 16.6 Å². The SMILES string of the molecule is COC(=O)CCNc1ccc2c(c1)nc(C)n2C. The number of hydrogen-bond acceptors (Lipinski definition) is 4. The Hall–Kier alpha value is -2.04. The van der Waals surface area contributed by atoms with Crippen molar-refractivity contribution >= 4 is 22.7 Å². The highest BCUT2D eigenvalue weighted by atomic mass is 16.5. The first-order valence-electron chi connectivity index (χ1n) is 5.85. The maximum atomic E-state index is 11.0. The fourth-order valence-electron chi connectivity index (χ4n) is 1.84. The van der Waals surface area contributed by atoms with Crippen LogP contribution in [0.5, 0.6) is 0 Å². The number of anilines is 1. The normalized spacial score (nSPS) is 10.6. The second-order valence-corrected chi connectivity index (χ2v) is 4.17. The van der Waals surface area contributed by atoms with Gasteiger partial charge in [-0.2, -0.15) is 0 Å². The van der Waals surface area contributed by atoms with E-state index >= 15 is 0 Å². The van der Waals surface area contributed by atoms with E-state index in [0.29, 0.717) is 13.0 Å². The Morgan fingerprint density at radius 1 is 1.50 bits per heavy atom. The van der Waals surface area contributed by atoms with E-state index in [9.17, 15) is 4.79 Å². The van der Waals surface area contributed by atoms with Crippen LogP contribution in [0.25, 0.3) is 11.0 Å². The van der Waals surface area contributed by atoms with Gasteiger partial charge in [0, 0.05) is 19.3 Å². The monoisotopic (exact) mass is 247 g/mol. The highest BCUT2D eigenvalue weighted by molar-refractivity contribution is 5.80. The van der Waals surface area contributed by atoms with Crippen LogP contribution in [0.4, 0.5) is 5.69 Å². The highest BCUT2D eigenvalue weighted by Crippen LogP contribution is 2.19. The number of carbonyl (C=O) groups is 1. The number of fused-ring (bicyclic) bond motifs is 1. The van der Waals surface area contributed by atoms with Gasteiger partial charge in [-0.15, -0.1) is 0 Å². The molecule has 0 atom stereocenters. The Bertz CT molecular complexity index is 575. The fraction of sp³-hybridized carbons (Fsp3) is 0.385. The number of imidazole rings is 1. The molecule has 5 heteroatoms. The molecule has 0 aliphatic carbocycles. The molecular formula is C13H17N3O2. The van der Waals surface area contributed by atoms with Gasteiger partial charge in [-0.25, -0.2) is 4.98 Å². The van der Waals surface area contributed by atoms with Crippen LogP contribution in [0.15, 0.2) is 18.2 Å². The van der Waals surface area contributed by atoms with Crippen molar-refractivity contribution in [3.05, 3.63) is 24.0 Å². The quantitative estimate of drug-likeness (QED) is 0.838. The summed E-state index contributed by atoms with van der Waals surface area (Å²) in [5.41, 5.74) is 3.02. The number of hydrogen-bond donors (Lipinski definition) is 1. The highest BCUT2D eigenvalue weighted by Gasteiger charge is 2.05. The number of ether oxygens (including phenoxy) is 1. The number of benzene rings is 1. The first-order chi connectivity index (χ1) is 8.61. The molecule has 0 saturated heterocycles. The summed E-state index contributed by atoms with van der Waals surface area (Å²) in [7, 11) is 3.39. The van der Waals surface area contributed by atoms with Gasteiger partial charge in [0.2, 0.25) is 0 Å². The third kappa shape index (κ3) is 2.45. The van der Waals surface area contributed by atoms with Crippen molar-refractivity contribution in [1.29, 1.82) is 0 Å². The summed E-state index contributed by atoms with van der Waals surface area (Å²) in [5.74, 6) is 0.772. The van der Waals surface area contributed by atoms with Gasteiger partial charge in [-0.05, 0) is 25.1 Å². The van der Waals surface area contributed by atoms with Crippen LogP contribution in [0.2, 0.25) is 0 Å². The van der Waals surface area contributed by atoms with Crippen LogP contribution < -0.4 is 5.32 Å². The van der Waals surface area contributed by atoms with Gasteiger partial charge in [-0.3, -0.25) is 4.79 Å². The minimum Gasteiger partial charge on any atom is -0.469 e. The van der Waals surface area contributed by atoms with Crippen molar-refractivity contribution < 1.29 is 9.53 Å². The van der Waals surface area contributed by atoms with Crippen LogP contribution >= 0.6 is 0 Å². The standard InChI is InChI=1S/C13H17N3O2/c1-9-15-11-8-10(4-5-12(11)16(9)2)14-7-6-13(17)18-3/h4-5,8,14H,6-7H2,1-3H3. The Balaban J connectivity index is 2.08. The second-order valence-electron chi connectivity index (χ2n) is 4.17. The number of esters is 1. The molecule has 18 heavy (non-hydrogen) atoms. The summed E-state index contributed by atoms with van der Waals surface area (Å²) in [6, 6.07) is 6.00. The summed E-state index contributed by atoms with van der Waals surface area (Å²) < 4.78 is 6.63. The minimum atomic E-state index is -0.211. The molecule has 96 valence electrons. The molecule has 0 saturated carbocycles. The van der Waals surface area contributed by atoms with Gasteiger partial charge in [0.1, 0.15) is 5.82 Å². The summed E-state index contributed by atoms with van der Waals surface area (Å²) in [6.45, 7) is 2.54. The van der Waals surface area contributed by atoms with Crippen molar-refractivity contribution in [2.45, 2.75) is 13.3 Å². The molecule has 2 aromatic rings. The summed E-state index contributed by atoms with van der Waals surface area (Å²) in [4.78, 5) is 15.4. The molecule has 1 aromatic heterocycles. The van der Waals surface area contributed by atoms with E-state index in [2.05, 4.69) is 15.0 Å². The zero-order chi connectivity index (χ0) is 13.1. The number of aryl methyl sites for hydroxylation is 2. The summed E-state index contributed by atoms with van der Waals surface area (Å²) in [6.07, 6.45) is 0.357. The van der Waals surface area contributed by atoms with E-state index in [1.165, 1.54) is 7.11 Å². The average molecular weight is 247 g/mol. The van der Waals surface area contributed by atoms with Gasteiger partial charge < -0.3 is 14.6 Å². The maximum absolute atomic E-state index is 11.0. The predicted octanol–water partition coefficient (Wildman–Crippen LogP) is 1.86. The van der Waals surface area contributed by atoms with E-state index in [0.717, 1.165) is 22.5 Å². The van der Waals surface area contributed by atoms with Gasteiger partial charge in [0.25, 0.3) is 0 Å². The lowest BCUT2D eigenvalue weighted by molar-refractivity contribution is -0.140. The number of nitrogens with zero attached hydrogens (tertiary/aromatic N) is 2. The lowest BCUT2D eigenvalue weighted by Gasteiger charge is -2.05. The molecule has 0 fully saturated rings. The first kappa shape index (κ1) is 12.4. The molecule has 1 N–H and O–H groups in total. The average Bonchev–Trinajstić information content (AvgIpc) is 2.64. The Kier molecular flexibility index (Phi) is 3.50. The summed E-state index contributed by atoms with van der Waals surface area (Å²) >= 11 is 0. The number of nitrogens with one attached hydrogen (secondary N) is 1. The van der Waals surface area contributed by atoms with Crippen LogP contribution in [0.3, 0.4) is 0 Å². The van der Waals surface area contributed by atoms with Crippen LogP contribution in [0.1, 0.15) is 12.2 Å². The third-order valence-electron chi connectivity index (χ3n) is 2.99. The van der Waals surface area contributed by atoms with Crippen LogP contribution in [0, 0.1) is 6.92 Å². The molecule has 1 heterocycles. The van der Waals surface area contributed by atoms with E-state index < -0.39 is 0 Å². The van der Waals surface area contributed by atoms with Gasteiger partial charge in [0.05, 0.1) is 24.6 Å². The zero-order valence-corrected chi connectivity index (χ0v) is 10.9. The number of rotatable bonds is 4. The van der Waals surface area contributed by atoms with Crippen molar-refractivity contribution in [2.75, 3.05) is 19.0 Å². The smallest absolute Gasteiger partial charge is 0.307 e. The van der Waals surface area contributed by atoms with Crippen molar-refractivity contribution in [3.63, 3.8) is 0 Å². The molecule has 0 amide bonds. The first-order valence-corrected chi connectivity index (χ1v) is 5.85. The largest absolute Gasteiger partial charge is 0.469 e. The van der Waals surface area contributed by atoms with Gasteiger partial charge in [-0.1, -0.05) is 0 Å². The van der Waals surface area contributed by atoms with Crippen molar-refractivity contribution in [1.82, 2.24) is 9.55 Å². The number of aromatic nitrogens is 2. The molecule has 0 aliphatic rings. The second kappa shape index (κ2) is 5.08. The molecule has 5 nitrogen and oxygen atoms in total. The molecule has 0 unspecified atom stereocenters.